The summed E-state index contributed by atoms with van der Waals surface area (Å²) in [5.74, 6) is 2.24. The minimum atomic E-state index is 0.197. The molecule has 43 heavy (non-hydrogen) atoms. The number of rotatable bonds is 6. The number of fused-ring (bicyclic) bond motifs is 7. The molecule has 0 bridgehead atoms. The van der Waals surface area contributed by atoms with Gasteiger partial charge in [0.25, 0.3) is 0 Å². The summed E-state index contributed by atoms with van der Waals surface area (Å²) in [4.78, 5) is 10.6. The summed E-state index contributed by atoms with van der Waals surface area (Å²) < 4.78 is 0. The molecular formula is C39H42N4. The summed E-state index contributed by atoms with van der Waals surface area (Å²) in [6, 6.07) is 38.1. The summed E-state index contributed by atoms with van der Waals surface area (Å²) in [6.45, 7) is 13.5. The van der Waals surface area contributed by atoms with Crippen molar-refractivity contribution in [2.24, 2.45) is 11.8 Å². The lowest BCUT2D eigenvalue weighted by Crippen LogP contribution is -2.67. The topological polar surface area (TPSA) is 13.0 Å². The highest BCUT2D eigenvalue weighted by Crippen LogP contribution is 2.79. The Morgan fingerprint density at radius 1 is 0.581 bits per heavy atom. The molecular weight excluding hydrogens is 524 g/mol. The highest BCUT2D eigenvalue weighted by molar-refractivity contribution is 5.78. The van der Waals surface area contributed by atoms with Gasteiger partial charge in [0.2, 0.25) is 0 Å². The molecule has 5 aliphatic rings. The van der Waals surface area contributed by atoms with Crippen LogP contribution in [-0.2, 0) is 5.41 Å². The van der Waals surface area contributed by atoms with Crippen LogP contribution in [0.1, 0.15) is 61.8 Å². The first-order valence-corrected chi connectivity index (χ1v) is 16.4. The summed E-state index contributed by atoms with van der Waals surface area (Å²) in [6.07, 6.45) is 0. The molecule has 5 atom stereocenters. The Labute approximate surface area is 256 Å². The number of hydrogen-bond acceptors (Lipinski definition) is 4. The van der Waals surface area contributed by atoms with Crippen molar-refractivity contribution in [3.8, 4) is 0 Å². The van der Waals surface area contributed by atoms with Crippen molar-refractivity contribution in [3.63, 3.8) is 0 Å². The third-order valence-electron chi connectivity index (χ3n) is 11.7. The molecule has 5 unspecified atom stereocenters. The summed E-state index contributed by atoms with van der Waals surface area (Å²) >= 11 is 0. The van der Waals surface area contributed by atoms with E-state index in [1.165, 1.54) is 22.7 Å². The van der Waals surface area contributed by atoms with Crippen LogP contribution >= 0.6 is 0 Å². The number of nitrogens with zero attached hydrogens (tertiary/aromatic N) is 4. The van der Waals surface area contributed by atoms with Gasteiger partial charge in [-0.25, -0.2) is 0 Å². The van der Waals surface area contributed by atoms with Crippen LogP contribution in [0, 0.1) is 11.8 Å². The molecule has 1 spiro atoms. The third kappa shape index (κ3) is 3.22. The number of hydrogen-bond donors (Lipinski definition) is 0. The normalized spacial score (nSPS) is 27.4. The molecule has 4 heteroatoms. The Balaban J connectivity index is 1.15. The van der Waals surface area contributed by atoms with Crippen LogP contribution in [0.5, 0.6) is 0 Å². The Kier molecular flexibility index (Phi) is 5.38. The second kappa shape index (κ2) is 9.05. The molecule has 4 aromatic rings. The van der Waals surface area contributed by atoms with E-state index in [9.17, 15) is 0 Å². The first-order valence-electron chi connectivity index (χ1n) is 16.4. The lowest BCUT2D eigenvalue weighted by molar-refractivity contribution is -0.0152. The SMILES string of the molecule is CC(C)N1CN(CC2C(CN3CN(C(C)C)c4ccccc43)C34c5ccccc5C3c3ccccc3C24)c2ccccc21. The smallest absolute Gasteiger partial charge is 0.0906 e. The maximum absolute atomic E-state index is 2.72. The quantitative estimate of drug-likeness (QED) is 0.236. The van der Waals surface area contributed by atoms with Gasteiger partial charge in [-0.15, -0.1) is 0 Å². The molecule has 0 saturated heterocycles. The first-order chi connectivity index (χ1) is 21.0. The van der Waals surface area contributed by atoms with Crippen LogP contribution in [0.2, 0.25) is 0 Å². The Bertz CT molecular complexity index is 1720. The molecule has 4 nitrogen and oxygen atoms in total. The standard InChI is InChI=1S/C39H42N4/c1-25(2)42-23-40(33-17-9-11-19-35(33)42)21-30-32(22-41-24-43(26(3)4)36-20-12-10-18-34(36)41)39-31-16-8-7-15-29(31)37(39)27-13-5-6-14-28(27)38(30)39/h5-20,25-26,30,32,37-38H,21-24H2,1-4H3. The molecule has 1 saturated carbocycles. The molecule has 0 radical (unpaired) electrons. The molecule has 3 aliphatic carbocycles. The fraction of sp³-hybridized carbons (Fsp3) is 0.385. The molecule has 2 heterocycles. The fourth-order valence-electron chi connectivity index (χ4n) is 10.1. The van der Waals surface area contributed by atoms with Crippen molar-refractivity contribution in [3.05, 3.63) is 119 Å². The van der Waals surface area contributed by atoms with E-state index in [0.29, 0.717) is 35.8 Å². The average Bonchev–Trinajstić information content (AvgIpc) is 3.63. The van der Waals surface area contributed by atoms with Crippen LogP contribution in [0.4, 0.5) is 22.7 Å². The molecule has 218 valence electrons. The summed E-state index contributed by atoms with van der Waals surface area (Å²) in [7, 11) is 0. The monoisotopic (exact) mass is 566 g/mol. The number of benzene rings is 4. The highest BCUT2D eigenvalue weighted by atomic mass is 15.4. The largest absolute Gasteiger partial charge is 0.352 e. The minimum Gasteiger partial charge on any atom is -0.352 e. The van der Waals surface area contributed by atoms with Gasteiger partial charge in [0.05, 0.1) is 36.1 Å². The van der Waals surface area contributed by atoms with Crippen molar-refractivity contribution < 1.29 is 0 Å². The van der Waals surface area contributed by atoms with Crippen molar-refractivity contribution in [2.75, 3.05) is 46.0 Å². The van der Waals surface area contributed by atoms with E-state index in [0.717, 1.165) is 26.4 Å². The maximum atomic E-state index is 2.72. The van der Waals surface area contributed by atoms with E-state index in [1.54, 1.807) is 22.3 Å². The Hall–Kier alpha value is -3.92. The Morgan fingerprint density at radius 3 is 1.67 bits per heavy atom. The maximum Gasteiger partial charge on any atom is 0.0906 e. The predicted octanol–water partition coefficient (Wildman–Crippen LogP) is 7.80. The van der Waals surface area contributed by atoms with Gasteiger partial charge in [-0.2, -0.15) is 0 Å². The summed E-state index contributed by atoms with van der Waals surface area (Å²) in [5, 5.41) is 0. The third-order valence-corrected chi connectivity index (χ3v) is 11.7. The van der Waals surface area contributed by atoms with Crippen LogP contribution in [0.15, 0.2) is 97.1 Å². The van der Waals surface area contributed by atoms with Gasteiger partial charge in [-0.05, 0) is 92.0 Å². The van der Waals surface area contributed by atoms with E-state index in [-0.39, 0.29) is 5.41 Å². The summed E-state index contributed by atoms with van der Waals surface area (Å²) in [5.41, 5.74) is 12.2. The molecule has 2 aliphatic heterocycles. The van der Waals surface area contributed by atoms with E-state index >= 15 is 0 Å². The number of para-hydroxylation sites is 4. The van der Waals surface area contributed by atoms with Gasteiger partial charge in [-0.3, -0.25) is 0 Å². The van der Waals surface area contributed by atoms with Gasteiger partial charge in [-0.1, -0.05) is 72.8 Å². The molecule has 4 aromatic carbocycles. The highest BCUT2D eigenvalue weighted by Gasteiger charge is 2.75. The lowest BCUT2D eigenvalue weighted by atomic mass is 9.36. The van der Waals surface area contributed by atoms with Crippen LogP contribution in [0.3, 0.4) is 0 Å². The van der Waals surface area contributed by atoms with Crippen molar-refractivity contribution in [2.45, 2.75) is 57.0 Å². The Morgan fingerprint density at radius 2 is 1.07 bits per heavy atom. The average molecular weight is 567 g/mol. The van der Waals surface area contributed by atoms with Gasteiger partial charge in [0, 0.05) is 36.5 Å². The first kappa shape index (κ1) is 25.6. The van der Waals surface area contributed by atoms with E-state index in [2.05, 4.69) is 144 Å². The molecule has 0 N–H and O–H groups in total. The molecule has 0 aromatic heterocycles. The zero-order valence-electron chi connectivity index (χ0n) is 25.8. The number of anilines is 4. The van der Waals surface area contributed by atoms with Crippen molar-refractivity contribution in [1.29, 1.82) is 0 Å². The van der Waals surface area contributed by atoms with Crippen molar-refractivity contribution in [1.82, 2.24) is 0 Å². The van der Waals surface area contributed by atoms with E-state index < -0.39 is 0 Å². The van der Waals surface area contributed by atoms with Crippen LogP contribution in [0.25, 0.3) is 0 Å². The fourth-order valence-corrected chi connectivity index (χ4v) is 10.1. The molecule has 1 fully saturated rings. The second-order valence-electron chi connectivity index (χ2n) is 14.2. The van der Waals surface area contributed by atoms with Gasteiger partial charge in [0.15, 0.2) is 0 Å². The molecule has 9 rings (SSSR count). The van der Waals surface area contributed by atoms with Gasteiger partial charge in [0.1, 0.15) is 0 Å². The van der Waals surface area contributed by atoms with Gasteiger partial charge >= 0.3 is 0 Å². The minimum absolute atomic E-state index is 0.197. The zero-order valence-corrected chi connectivity index (χ0v) is 25.8. The lowest BCUT2D eigenvalue weighted by Gasteiger charge is -2.68. The van der Waals surface area contributed by atoms with Gasteiger partial charge < -0.3 is 19.6 Å². The zero-order chi connectivity index (χ0) is 29.0. The van der Waals surface area contributed by atoms with E-state index in [4.69, 9.17) is 0 Å². The van der Waals surface area contributed by atoms with Crippen molar-refractivity contribution >= 4 is 22.7 Å². The second-order valence-corrected chi connectivity index (χ2v) is 14.2. The predicted molar refractivity (Wildman–Crippen MR) is 179 cm³/mol. The van der Waals surface area contributed by atoms with Crippen LogP contribution in [-0.4, -0.2) is 38.5 Å². The molecule has 0 amide bonds. The van der Waals surface area contributed by atoms with Crippen LogP contribution < -0.4 is 19.6 Å². The van der Waals surface area contributed by atoms with E-state index in [1.807, 2.05) is 0 Å².